The van der Waals surface area contributed by atoms with Gasteiger partial charge >= 0.3 is 0 Å². The Balaban J connectivity index is 1.42. The Bertz CT molecular complexity index is 639. The summed E-state index contributed by atoms with van der Waals surface area (Å²) in [4.78, 5) is 2.61. The Morgan fingerprint density at radius 1 is 1.04 bits per heavy atom. The van der Waals surface area contributed by atoms with Gasteiger partial charge in [0.15, 0.2) is 0 Å². The van der Waals surface area contributed by atoms with E-state index >= 15 is 0 Å². The standard InChI is InChI=1S/C23H31NO2/c1-19(2)23-18-25-16-15-24(23)14-6-7-20-10-12-21(13-11-20)17-26-22-8-4-3-5-9-22/h3-5,8-13,19,23H,6-7,14-18H2,1-2H3/t23-/m1/s1. The summed E-state index contributed by atoms with van der Waals surface area (Å²) in [7, 11) is 0. The van der Waals surface area contributed by atoms with Crippen LogP contribution in [0.1, 0.15) is 31.4 Å². The molecule has 0 spiro atoms. The van der Waals surface area contributed by atoms with Crippen LogP contribution in [0.3, 0.4) is 0 Å². The summed E-state index contributed by atoms with van der Waals surface area (Å²) in [5.74, 6) is 1.57. The summed E-state index contributed by atoms with van der Waals surface area (Å²) >= 11 is 0. The van der Waals surface area contributed by atoms with E-state index in [1.165, 1.54) is 17.5 Å². The molecule has 140 valence electrons. The van der Waals surface area contributed by atoms with Crippen molar-refractivity contribution in [1.82, 2.24) is 4.90 Å². The number of aryl methyl sites for hydroxylation is 1. The van der Waals surface area contributed by atoms with Crippen LogP contribution in [0.4, 0.5) is 0 Å². The first-order valence-electron chi connectivity index (χ1n) is 9.80. The van der Waals surface area contributed by atoms with Crippen molar-refractivity contribution < 1.29 is 9.47 Å². The minimum absolute atomic E-state index is 0.571. The molecule has 0 aliphatic carbocycles. The van der Waals surface area contributed by atoms with E-state index in [0.717, 1.165) is 38.5 Å². The molecule has 2 aromatic carbocycles. The normalized spacial score (nSPS) is 18.2. The number of rotatable bonds is 8. The maximum absolute atomic E-state index is 5.81. The predicted molar refractivity (Wildman–Crippen MR) is 107 cm³/mol. The Hall–Kier alpha value is -1.84. The van der Waals surface area contributed by atoms with Crippen LogP contribution >= 0.6 is 0 Å². The smallest absolute Gasteiger partial charge is 0.119 e. The molecule has 1 atom stereocenters. The third-order valence-corrected chi connectivity index (χ3v) is 5.13. The van der Waals surface area contributed by atoms with Gasteiger partial charge in [-0.25, -0.2) is 0 Å². The third kappa shape index (κ3) is 5.58. The largest absolute Gasteiger partial charge is 0.489 e. The number of nitrogens with zero attached hydrogens (tertiary/aromatic N) is 1. The third-order valence-electron chi connectivity index (χ3n) is 5.13. The highest BCUT2D eigenvalue weighted by atomic mass is 16.5. The zero-order valence-corrected chi connectivity index (χ0v) is 16.1. The molecule has 0 unspecified atom stereocenters. The zero-order valence-electron chi connectivity index (χ0n) is 16.1. The fourth-order valence-electron chi connectivity index (χ4n) is 3.52. The second-order valence-corrected chi connectivity index (χ2v) is 7.44. The molecular weight excluding hydrogens is 322 g/mol. The SMILES string of the molecule is CC(C)[C@H]1COCCN1CCCc1ccc(COc2ccccc2)cc1. The molecule has 0 bridgehead atoms. The lowest BCUT2D eigenvalue weighted by Gasteiger charge is -2.38. The minimum Gasteiger partial charge on any atom is -0.489 e. The summed E-state index contributed by atoms with van der Waals surface area (Å²) in [5.41, 5.74) is 2.62. The lowest BCUT2D eigenvalue weighted by Crippen LogP contribution is -2.48. The fraction of sp³-hybridized carbons (Fsp3) is 0.478. The van der Waals surface area contributed by atoms with Gasteiger partial charge in [0.2, 0.25) is 0 Å². The van der Waals surface area contributed by atoms with Crippen LogP contribution in [0.25, 0.3) is 0 Å². The molecule has 0 amide bonds. The second kappa shape index (κ2) is 9.75. The molecule has 0 aromatic heterocycles. The number of hydrogen-bond acceptors (Lipinski definition) is 3. The average molecular weight is 354 g/mol. The van der Waals surface area contributed by atoms with Crippen molar-refractivity contribution >= 4 is 0 Å². The minimum atomic E-state index is 0.571. The fourth-order valence-corrected chi connectivity index (χ4v) is 3.52. The van der Waals surface area contributed by atoms with Crippen molar-refractivity contribution in [2.24, 2.45) is 5.92 Å². The molecule has 3 heteroatoms. The highest BCUT2D eigenvalue weighted by Crippen LogP contribution is 2.17. The van der Waals surface area contributed by atoms with E-state index in [4.69, 9.17) is 9.47 Å². The summed E-state index contributed by atoms with van der Waals surface area (Å²) in [6.45, 7) is 9.19. The van der Waals surface area contributed by atoms with Crippen LogP contribution in [0.5, 0.6) is 5.75 Å². The Labute approximate surface area is 157 Å². The second-order valence-electron chi connectivity index (χ2n) is 7.44. The number of ether oxygens (including phenoxy) is 2. The predicted octanol–water partition coefficient (Wildman–Crippen LogP) is 4.56. The van der Waals surface area contributed by atoms with Gasteiger partial charge in [-0.3, -0.25) is 4.90 Å². The van der Waals surface area contributed by atoms with Gasteiger partial charge in [-0.15, -0.1) is 0 Å². The highest BCUT2D eigenvalue weighted by Gasteiger charge is 2.24. The van der Waals surface area contributed by atoms with E-state index in [1.54, 1.807) is 0 Å². The number of hydrogen-bond donors (Lipinski definition) is 0. The van der Waals surface area contributed by atoms with Crippen molar-refractivity contribution in [3.8, 4) is 5.75 Å². The lowest BCUT2D eigenvalue weighted by atomic mass is 10.0. The van der Waals surface area contributed by atoms with Gasteiger partial charge in [0, 0.05) is 12.6 Å². The molecular formula is C23H31NO2. The van der Waals surface area contributed by atoms with Gasteiger partial charge in [0.1, 0.15) is 12.4 Å². The van der Waals surface area contributed by atoms with Crippen LogP contribution < -0.4 is 4.74 Å². The maximum Gasteiger partial charge on any atom is 0.119 e. The van der Waals surface area contributed by atoms with Gasteiger partial charge in [-0.05, 0) is 48.6 Å². The van der Waals surface area contributed by atoms with Gasteiger partial charge in [-0.2, -0.15) is 0 Å². The van der Waals surface area contributed by atoms with Crippen molar-refractivity contribution in [1.29, 1.82) is 0 Å². The Kier molecular flexibility index (Phi) is 7.10. The first kappa shape index (κ1) is 18.9. The monoisotopic (exact) mass is 353 g/mol. The molecule has 1 aliphatic rings. The van der Waals surface area contributed by atoms with Crippen LogP contribution in [0, 0.1) is 5.92 Å². The molecule has 3 nitrogen and oxygen atoms in total. The molecule has 0 radical (unpaired) electrons. The quantitative estimate of drug-likeness (QED) is 0.695. The van der Waals surface area contributed by atoms with Crippen molar-refractivity contribution in [2.75, 3.05) is 26.3 Å². The van der Waals surface area contributed by atoms with E-state index in [9.17, 15) is 0 Å². The number of para-hydroxylation sites is 1. The van der Waals surface area contributed by atoms with Crippen LogP contribution in [-0.2, 0) is 17.8 Å². The van der Waals surface area contributed by atoms with Gasteiger partial charge in [0.05, 0.1) is 13.2 Å². The van der Waals surface area contributed by atoms with Gasteiger partial charge in [0.25, 0.3) is 0 Å². The molecule has 2 aromatic rings. The number of morpholine rings is 1. The topological polar surface area (TPSA) is 21.7 Å². The van der Waals surface area contributed by atoms with E-state index in [-0.39, 0.29) is 0 Å². The molecule has 3 rings (SSSR count). The van der Waals surface area contributed by atoms with E-state index in [2.05, 4.69) is 43.0 Å². The van der Waals surface area contributed by atoms with Crippen molar-refractivity contribution in [2.45, 2.75) is 39.3 Å². The number of benzene rings is 2. The van der Waals surface area contributed by atoms with Crippen molar-refractivity contribution in [3.63, 3.8) is 0 Å². The molecule has 26 heavy (non-hydrogen) atoms. The van der Waals surface area contributed by atoms with Crippen molar-refractivity contribution in [3.05, 3.63) is 65.7 Å². The first-order chi connectivity index (χ1) is 12.7. The summed E-state index contributed by atoms with van der Waals surface area (Å²) < 4.78 is 11.5. The van der Waals surface area contributed by atoms with E-state index in [1.807, 2.05) is 30.3 Å². The van der Waals surface area contributed by atoms with Crippen LogP contribution in [0.2, 0.25) is 0 Å². The lowest BCUT2D eigenvalue weighted by molar-refractivity contribution is -0.0246. The summed E-state index contributed by atoms with van der Waals surface area (Å²) in [6.07, 6.45) is 2.32. The average Bonchev–Trinajstić information content (AvgIpc) is 2.68. The maximum atomic E-state index is 5.81. The molecule has 1 aliphatic heterocycles. The summed E-state index contributed by atoms with van der Waals surface area (Å²) in [6, 6.07) is 19.4. The summed E-state index contributed by atoms with van der Waals surface area (Å²) in [5, 5.41) is 0. The molecule has 1 fully saturated rings. The molecule has 1 heterocycles. The van der Waals surface area contributed by atoms with Crippen LogP contribution in [0.15, 0.2) is 54.6 Å². The van der Waals surface area contributed by atoms with Gasteiger partial charge in [-0.1, -0.05) is 56.3 Å². The first-order valence-corrected chi connectivity index (χ1v) is 9.80. The molecule has 1 saturated heterocycles. The van der Waals surface area contributed by atoms with E-state index in [0.29, 0.717) is 18.6 Å². The Morgan fingerprint density at radius 3 is 2.50 bits per heavy atom. The molecule has 0 saturated carbocycles. The Morgan fingerprint density at radius 2 is 1.77 bits per heavy atom. The zero-order chi connectivity index (χ0) is 18.2. The van der Waals surface area contributed by atoms with E-state index < -0.39 is 0 Å². The highest BCUT2D eigenvalue weighted by molar-refractivity contribution is 5.24. The van der Waals surface area contributed by atoms with Gasteiger partial charge < -0.3 is 9.47 Å². The van der Waals surface area contributed by atoms with Crippen LogP contribution in [-0.4, -0.2) is 37.2 Å². The molecule has 0 N–H and O–H groups in total.